The van der Waals surface area contributed by atoms with Crippen molar-refractivity contribution in [2.75, 3.05) is 37.8 Å². The number of anilines is 1. The third-order valence-electron chi connectivity index (χ3n) is 8.11. The Balaban J connectivity index is 0.00000150. The topological polar surface area (TPSA) is 489 Å². The molecule has 0 radical (unpaired) electrons. The van der Waals surface area contributed by atoms with Crippen LogP contribution in [-0.4, -0.2) is 163 Å². The summed E-state index contributed by atoms with van der Waals surface area (Å²) in [7, 11) is -16.5. The number of aliphatic hydroxyl groups excluding tert-OH is 2. The van der Waals surface area contributed by atoms with Gasteiger partial charge in [-0.05, 0) is 0 Å². The quantitative estimate of drug-likeness (QED) is 0.0194. The van der Waals surface area contributed by atoms with Gasteiger partial charge in [-0.1, -0.05) is 25.6 Å². The molecule has 12 N–H and O–H groups in total. The maximum absolute atomic E-state index is 12.7. The van der Waals surface area contributed by atoms with Crippen molar-refractivity contribution in [1.82, 2.24) is 30.2 Å². The van der Waals surface area contributed by atoms with Gasteiger partial charge in [0.1, 0.15) is 55.4 Å². The number of phosphoric ester groups is 3. The number of fused-ring (bicyclic) bond motifs is 1. The second kappa shape index (κ2) is 25.6. The number of aldehydes is 1. The lowest BCUT2D eigenvalue weighted by molar-refractivity contribution is -0.142. The van der Waals surface area contributed by atoms with Crippen LogP contribution < -0.4 is 16.4 Å². The summed E-state index contributed by atoms with van der Waals surface area (Å²) in [6.07, 6.45) is -9.02. The van der Waals surface area contributed by atoms with Gasteiger partial charge in [-0.2, -0.15) is 4.31 Å². The second-order valence-electron chi connectivity index (χ2n) is 14.1. The van der Waals surface area contributed by atoms with Gasteiger partial charge in [0.15, 0.2) is 34.4 Å². The summed E-state index contributed by atoms with van der Waals surface area (Å²) in [5.41, 5.74) is 4.16. The number of aliphatic carboxylic acids is 2. The van der Waals surface area contributed by atoms with Crippen LogP contribution in [0.2, 0.25) is 0 Å². The molecule has 1 aliphatic heterocycles. The van der Waals surface area contributed by atoms with E-state index in [0.717, 1.165) is 17.2 Å². The van der Waals surface area contributed by atoms with Gasteiger partial charge in [-0.25, -0.2) is 28.6 Å². The highest BCUT2D eigenvalue weighted by molar-refractivity contribution is 8.13. The highest BCUT2D eigenvalue weighted by atomic mass is 32.2. The number of ether oxygens (including phenoxy) is 1. The number of hydrogen-bond donors (Lipinski definition) is 11. The molecule has 1 aliphatic rings. The molecule has 0 aliphatic carbocycles. The smallest absolute Gasteiger partial charge is 0.481 e. The van der Waals surface area contributed by atoms with Crippen LogP contribution in [0.4, 0.5) is 5.82 Å². The Morgan fingerprint density at radius 3 is 2.17 bits per heavy atom. The molecule has 66 heavy (non-hydrogen) atoms. The van der Waals surface area contributed by atoms with Crippen molar-refractivity contribution in [3.8, 4) is 0 Å². The number of phosphoric acid groups is 3. The van der Waals surface area contributed by atoms with Crippen molar-refractivity contribution < 1.29 is 115 Å². The molecule has 0 saturated carbocycles. The number of hydrogen-bond acceptors (Lipinski definition) is 23. The third-order valence-corrected chi connectivity index (χ3v) is 12.1. The molecule has 2 amide bonds. The number of amides is 2. The Labute approximate surface area is 375 Å². The minimum absolute atomic E-state index is 0.00174. The van der Waals surface area contributed by atoms with Gasteiger partial charge in [0.05, 0.1) is 32.4 Å². The number of nitrogens with two attached hydrogens (primary N) is 1. The number of nitrogen functional groups attached to an aromatic ring is 1. The first-order valence-corrected chi connectivity index (χ1v) is 23.9. The van der Waals surface area contributed by atoms with Crippen molar-refractivity contribution in [2.24, 2.45) is 5.41 Å². The van der Waals surface area contributed by atoms with Crippen molar-refractivity contribution in [3.05, 3.63) is 12.7 Å². The van der Waals surface area contributed by atoms with Crippen LogP contribution in [0.3, 0.4) is 0 Å². The summed E-state index contributed by atoms with van der Waals surface area (Å²) in [5, 5.41) is 42.0. The Bertz CT molecular complexity index is 2240. The maximum Gasteiger partial charge on any atom is 0.481 e. The Morgan fingerprint density at radius 2 is 1.56 bits per heavy atom. The Hall–Kier alpha value is -4.49. The van der Waals surface area contributed by atoms with E-state index in [4.69, 9.17) is 29.7 Å². The van der Waals surface area contributed by atoms with E-state index in [2.05, 4.69) is 34.4 Å². The van der Waals surface area contributed by atoms with Gasteiger partial charge < -0.3 is 65.9 Å². The number of nitrogens with one attached hydrogen (secondary N) is 2. The molecule has 3 heterocycles. The molecule has 0 aromatic carbocycles. The van der Waals surface area contributed by atoms with E-state index in [9.17, 15) is 81.8 Å². The first-order valence-electron chi connectivity index (χ1n) is 18.4. The zero-order valence-electron chi connectivity index (χ0n) is 34.4. The largest absolute Gasteiger partial charge is 0.481 e. The molecular formula is C31H46N7O24P3S. The van der Waals surface area contributed by atoms with Gasteiger partial charge >= 0.3 is 35.4 Å². The summed E-state index contributed by atoms with van der Waals surface area (Å²) in [6.45, 7) is 0.0342. The van der Waals surface area contributed by atoms with Crippen LogP contribution >= 0.6 is 35.2 Å². The number of ketones is 2. The number of nitrogens with zero attached hydrogens (tertiary/aromatic N) is 4. The van der Waals surface area contributed by atoms with Crippen molar-refractivity contribution in [3.63, 3.8) is 0 Å². The molecule has 1 saturated heterocycles. The first-order chi connectivity index (χ1) is 30.5. The zero-order valence-corrected chi connectivity index (χ0v) is 37.9. The molecule has 0 spiro atoms. The summed E-state index contributed by atoms with van der Waals surface area (Å²) < 4.78 is 61.9. The number of carbonyl (C=O) groups excluding carboxylic acids is 6. The molecule has 7 atom stereocenters. The molecule has 2 aromatic rings. The minimum Gasteiger partial charge on any atom is -0.481 e. The molecule has 0 bridgehead atoms. The fourth-order valence-electron chi connectivity index (χ4n) is 5.07. The summed E-state index contributed by atoms with van der Waals surface area (Å²) in [6, 6.07) is 0. The van der Waals surface area contributed by atoms with E-state index in [1.807, 2.05) is 0 Å². The number of imidazole rings is 1. The second-order valence-corrected chi connectivity index (χ2v) is 19.4. The lowest BCUT2D eigenvalue weighted by atomic mass is 9.87. The monoisotopic (exact) mass is 1030 g/mol. The van der Waals surface area contributed by atoms with Gasteiger partial charge in [-0.15, -0.1) is 0 Å². The van der Waals surface area contributed by atoms with Gasteiger partial charge in [0.25, 0.3) is 0 Å². The van der Waals surface area contributed by atoms with Crippen molar-refractivity contribution in [1.29, 1.82) is 0 Å². The number of aromatic nitrogens is 4. The SMILES string of the molecule is CC(C)(COP(=O)(O)OP(=O)(O)OC[C@H]1O[C@@H](n2cnc3c(N)ncnc32)[C@H](O)[C@@H]1OP(=O)(O)O)[C@@H](O)C(=O)NCCC(=O)NCCSC(=O)CC(=O)CC(=O)O.O=CCC(=O)CC(=O)O. The fraction of sp³-hybridized carbons (Fsp3) is 0.581. The summed E-state index contributed by atoms with van der Waals surface area (Å²) >= 11 is 0.712. The Kier molecular flexibility index (Phi) is 22.3. The van der Waals surface area contributed by atoms with Gasteiger partial charge in [-0.3, -0.25) is 51.7 Å². The molecule has 370 valence electrons. The number of Topliss-reactive ketones (excluding diaryl/α,β-unsaturated/α-hetero) is 2. The fourth-order valence-corrected chi connectivity index (χ4v) is 8.60. The predicted molar refractivity (Wildman–Crippen MR) is 217 cm³/mol. The van der Waals surface area contributed by atoms with E-state index in [1.54, 1.807) is 0 Å². The molecule has 2 unspecified atom stereocenters. The maximum atomic E-state index is 12.7. The molecule has 3 rings (SSSR count). The van der Waals surface area contributed by atoms with Crippen LogP contribution in [0, 0.1) is 5.41 Å². The number of carbonyl (C=O) groups is 8. The van der Waals surface area contributed by atoms with Gasteiger partial charge in [0.2, 0.25) is 11.8 Å². The minimum atomic E-state index is -5.60. The zero-order chi connectivity index (χ0) is 50.2. The van der Waals surface area contributed by atoms with E-state index >= 15 is 0 Å². The Morgan fingerprint density at radius 1 is 0.939 bits per heavy atom. The number of rotatable bonds is 27. The highest BCUT2D eigenvalue weighted by Gasteiger charge is 2.50. The third kappa shape index (κ3) is 20.2. The van der Waals surface area contributed by atoms with Crippen LogP contribution in [-0.2, 0) is 74.7 Å². The predicted octanol–water partition coefficient (Wildman–Crippen LogP) is -2.28. The van der Waals surface area contributed by atoms with Gasteiger partial charge in [0, 0.05) is 30.7 Å². The van der Waals surface area contributed by atoms with E-state index in [0.29, 0.717) is 18.0 Å². The summed E-state index contributed by atoms with van der Waals surface area (Å²) in [4.78, 5) is 138. The molecular weight excluding hydrogens is 979 g/mol. The number of aliphatic hydroxyl groups is 2. The lowest BCUT2D eigenvalue weighted by Gasteiger charge is -2.30. The average molecular weight is 1030 g/mol. The number of carboxylic acid groups (broad SMARTS) is 2. The van der Waals surface area contributed by atoms with Crippen molar-refractivity contribution in [2.45, 2.75) is 76.6 Å². The number of carboxylic acids is 2. The summed E-state index contributed by atoms with van der Waals surface area (Å²) in [5.74, 6) is -5.47. The molecule has 2 aromatic heterocycles. The number of thioether (sulfide) groups is 1. The van der Waals surface area contributed by atoms with E-state index < -0.39 is 132 Å². The molecule has 31 nitrogen and oxygen atoms in total. The normalized spacial score (nSPS) is 19.6. The van der Waals surface area contributed by atoms with Crippen LogP contribution in [0.1, 0.15) is 52.2 Å². The van der Waals surface area contributed by atoms with E-state index in [1.165, 1.54) is 13.8 Å². The lowest BCUT2D eigenvalue weighted by Crippen LogP contribution is -2.46. The van der Waals surface area contributed by atoms with Crippen LogP contribution in [0.5, 0.6) is 0 Å². The highest BCUT2D eigenvalue weighted by Crippen LogP contribution is 2.61. The standard InChI is InChI=1S/C26H40N7O20P3S.C5H6O4/c1-26(2,21(40)24(41)29-4-3-15(35)28-5-6-57-17(38)8-13(34)7-16(36)37)10-50-56(47,48)53-55(45,46)49-9-14-20(52-54(42,43)44)19(39)25(51-14)33-12-32-18-22(27)30-11-31-23(18)33;6-2-1-4(7)3-5(8)9/h11-12,14,19-21,25,39-40H,3-10H2,1-2H3,(H,28,35)(H,29,41)(H,36,37)(H,45,46)(H,47,48)(H2,27,30,31)(H2,42,43,44);2H,1,3H2,(H,8,9)/t14-,19-,20-,21+,25-;/m1./s1. The van der Waals surface area contributed by atoms with Crippen LogP contribution in [0.15, 0.2) is 12.7 Å². The van der Waals surface area contributed by atoms with E-state index in [-0.39, 0.29) is 48.7 Å². The molecule has 35 heteroatoms. The van der Waals surface area contributed by atoms with Crippen molar-refractivity contribution >= 4 is 98.9 Å². The molecule has 1 fully saturated rings. The average Bonchev–Trinajstić information content (AvgIpc) is 3.74. The van der Waals surface area contributed by atoms with Crippen LogP contribution in [0.25, 0.3) is 11.2 Å². The first kappa shape index (κ1) is 57.6.